The Morgan fingerprint density at radius 2 is 2.21 bits per heavy atom. The van der Waals surface area contributed by atoms with Crippen LogP contribution in [0.25, 0.3) is 0 Å². The topological polar surface area (TPSA) is 17.1 Å². The molecular formula is C10H9Br2ClO. The van der Waals surface area contributed by atoms with Crippen LogP contribution in [0.15, 0.2) is 18.2 Å². The molecule has 0 aliphatic rings. The second-order valence-electron chi connectivity index (χ2n) is 2.92. The summed E-state index contributed by atoms with van der Waals surface area (Å²) in [5.41, 5.74) is 1.50. The van der Waals surface area contributed by atoms with Crippen LogP contribution < -0.4 is 0 Å². The van der Waals surface area contributed by atoms with E-state index in [0.717, 1.165) is 5.56 Å². The van der Waals surface area contributed by atoms with Gasteiger partial charge in [-0.1, -0.05) is 55.6 Å². The molecule has 1 unspecified atom stereocenters. The maximum atomic E-state index is 11.8. The highest BCUT2D eigenvalue weighted by Crippen LogP contribution is 2.23. The van der Waals surface area contributed by atoms with E-state index in [1.165, 1.54) is 0 Å². The van der Waals surface area contributed by atoms with Crippen molar-refractivity contribution in [3.8, 4) is 0 Å². The molecule has 1 rings (SSSR count). The molecule has 0 spiro atoms. The third-order valence-corrected chi connectivity index (χ3v) is 4.63. The summed E-state index contributed by atoms with van der Waals surface area (Å²) in [7, 11) is 0. The molecule has 1 atom stereocenters. The zero-order chi connectivity index (χ0) is 10.7. The summed E-state index contributed by atoms with van der Waals surface area (Å²) in [4.78, 5) is 11.6. The lowest BCUT2D eigenvalue weighted by atomic mass is 10.1. The van der Waals surface area contributed by atoms with Crippen LogP contribution >= 0.6 is 43.5 Å². The number of hydrogen-bond donors (Lipinski definition) is 0. The van der Waals surface area contributed by atoms with Gasteiger partial charge in [-0.15, -0.1) is 0 Å². The maximum Gasteiger partial charge on any atom is 0.178 e. The fourth-order valence-corrected chi connectivity index (χ4v) is 1.84. The number of halogens is 3. The summed E-state index contributed by atoms with van der Waals surface area (Å²) in [6.45, 7) is 1.89. The predicted octanol–water partition coefficient (Wildman–Crippen LogP) is 3.99. The Morgan fingerprint density at radius 1 is 1.57 bits per heavy atom. The first-order valence-electron chi connectivity index (χ1n) is 4.07. The lowest BCUT2D eigenvalue weighted by Gasteiger charge is -2.08. The highest BCUT2D eigenvalue weighted by atomic mass is 79.9. The van der Waals surface area contributed by atoms with Gasteiger partial charge in [-0.05, 0) is 18.6 Å². The minimum atomic E-state index is -0.221. The smallest absolute Gasteiger partial charge is 0.178 e. The molecule has 1 nitrogen and oxygen atoms in total. The average Bonchev–Trinajstić information content (AvgIpc) is 2.20. The largest absolute Gasteiger partial charge is 0.293 e. The Bertz CT molecular complexity index is 352. The van der Waals surface area contributed by atoms with E-state index in [9.17, 15) is 4.79 Å². The van der Waals surface area contributed by atoms with Gasteiger partial charge >= 0.3 is 0 Å². The molecule has 0 fully saturated rings. The van der Waals surface area contributed by atoms with E-state index in [1.54, 1.807) is 6.07 Å². The van der Waals surface area contributed by atoms with Crippen LogP contribution in [0, 0.1) is 6.92 Å². The summed E-state index contributed by atoms with van der Waals surface area (Å²) in [5.74, 6) is 0.00979. The van der Waals surface area contributed by atoms with Gasteiger partial charge in [0.2, 0.25) is 0 Å². The first kappa shape index (κ1) is 12.2. The molecule has 4 heteroatoms. The fraction of sp³-hybridized carbons (Fsp3) is 0.300. The number of Topliss-reactive ketones (excluding diaryl/α,β-unsaturated/α-hetero) is 1. The number of carbonyl (C=O) groups is 1. The highest BCUT2D eigenvalue weighted by Gasteiger charge is 2.18. The standard InChI is InChI=1S/C10H9Br2ClO/c1-6-3-2-4-7(9(6)13)10(14)8(12)5-11/h2-4,8H,5H2,1H3. The molecule has 0 amide bonds. The Hall–Kier alpha value is 0.140. The molecule has 0 bridgehead atoms. The van der Waals surface area contributed by atoms with E-state index in [2.05, 4.69) is 31.9 Å². The summed E-state index contributed by atoms with van der Waals surface area (Å²) in [5, 5.41) is 1.12. The van der Waals surface area contributed by atoms with Crippen molar-refractivity contribution in [2.75, 3.05) is 5.33 Å². The van der Waals surface area contributed by atoms with Gasteiger partial charge in [0, 0.05) is 10.9 Å². The van der Waals surface area contributed by atoms with Gasteiger partial charge in [0.1, 0.15) is 0 Å². The van der Waals surface area contributed by atoms with Gasteiger partial charge in [-0.3, -0.25) is 4.79 Å². The van der Waals surface area contributed by atoms with Crippen molar-refractivity contribution in [2.45, 2.75) is 11.8 Å². The lowest BCUT2D eigenvalue weighted by molar-refractivity contribution is 0.0997. The summed E-state index contributed by atoms with van der Waals surface area (Å²) < 4.78 is 0. The minimum absolute atomic E-state index is 0.00979. The molecule has 0 radical (unpaired) electrons. The number of rotatable bonds is 3. The quantitative estimate of drug-likeness (QED) is 0.601. The average molecular weight is 340 g/mol. The predicted molar refractivity (Wildman–Crippen MR) is 67.0 cm³/mol. The molecule has 1 aromatic rings. The van der Waals surface area contributed by atoms with E-state index in [-0.39, 0.29) is 10.6 Å². The van der Waals surface area contributed by atoms with Crippen molar-refractivity contribution in [1.29, 1.82) is 0 Å². The van der Waals surface area contributed by atoms with Crippen molar-refractivity contribution in [3.63, 3.8) is 0 Å². The monoisotopic (exact) mass is 338 g/mol. The van der Waals surface area contributed by atoms with E-state index >= 15 is 0 Å². The Morgan fingerprint density at radius 3 is 2.79 bits per heavy atom. The molecule has 1 aromatic carbocycles. The normalized spacial score (nSPS) is 12.6. The van der Waals surface area contributed by atoms with E-state index < -0.39 is 0 Å². The van der Waals surface area contributed by atoms with E-state index in [4.69, 9.17) is 11.6 Å². The molecule has 14 heavy (non-hydrogen) atoms. The van der Waals surface area contributed by atoms with Crippen LogP contribution in [0.4, 0.5) is 0 Å². The van der Waals surface area contributed by atoms with Crippen LogP contribution in [-0.4, -0.2) is 15.9 Å². The van der Waals surface area contributed by atoms with Crippen LogP contribution in [-0.2, 0) is 0 Å². The van der Waals surface area contributed by atoms with Crippen LogP contribution in [0.2, 0.25) is 5.02 Å². The van der Waals surface area contributed by atoms with Crippen molar-refractivity contribution >= 4 is 49.2 Å². The molecule has 0 N–H and O–H groups in total. The number of alkyl halides is 2. The molecule has 0 aromatic heterocycles. The molecule has 0 aliphatic heterocycles. The number of carbonyl (C=O) groups excluding carboxylic acids is 1. The number of aryl methyl sites for hydroxylation is 1. The molecule has 0 saturated heterocycles. The third kappa shape index (κ3) is 2.59. The first-order valence-corrected chi connectivity index (χ1v) is 6.48. The van der Waals surface area contributed by atoms with Gasteiger partial charge < -0.3 is 0 Å². The number of ketones is 1. The van der Waals surface area contributed by atoms with E-state index in [0.29, 0.717) is 15.9 Å². The van der Waals surface area contributed by atoms with Crippen molar-refractivity contribution in [1.82, 2.24) is 0 Å². The molecule has 76 valence electrons. The second-order valence-corrected chi connectivity index (χ2v) is 5.05. The lowest BCUT2D eigenvalue weighted by Crippen LogP contribution is -2.16. The minimum Gasteiger partial charge on any atom is -0.293 e. The van der Waals surface area contributed by atoms with Crippen molar-refractivity contribution < 1.29 is 4.79 Å². The number of benzene rings is 1. The summed E-state index contributed by atoms with van der Waals surface area (Å²) in [6, 6.07) is 5.47. The van der Waals surface area contributed by atoms with Crippen LogP contribution in [0.5, 0.6) is 0 Å². The Balaban J connectivity index is 3.07. The van der Waals surface area contributed by atoms with Crippen LogP contribution in [0.3, 0.4) is 0 Å². The molecule has 0 saturated carbocycles. The van der Waals surface area contributed by atoms with Gasteiger partial charge in [0.25, 0.3) is 0 Å². The SMILES string of the molecule is Cc1cccc(C(=O)C(Br)CBr)c1Cl. The Labute approximate surface area is 105 Å². The fourth-order valence-electron chi connectivity index (χ4n) is 1.08. The summed E-state index contributed by atoms with van der Waals surface area (Å²) in [6.07, 6.45) is 0. The molecule has 0 heterocycles. The molecule has 0 aliphatic carbocycles. The molecular weight excluding hydrogens is 331 g/mol. The van der Waals surface area contributed by atoms with E-state index in [1.807, 2.05) is 19.1 Å². The number of hydrogen-bond acceptors (Lipinski definition) is 1. The van der Waals surface area contributed by atoms with Crippen molar-refractivity contribution in [2.24, 2.45) is 0 Å². The zero-order valence-electron chi connectivity index (χ0n) is 7.56. The first-order chi connectivity index (χ1) is 6.57. The van der Waals surface area contributed by atoms with Crippen LogP contribution in [0.1, 0.15) is 15.9 Å². The van der Waals surface area contributed by atoms with Gasteiger partial charge in [0.05, 0.1) is 9.85 Å². The maximum absolute atomic E-state index is 11.8. The third-order valence-electron chi connectivity index (χ3n) is 1.88. The van der Waals surface area contributed by atoms with Gasteiger partial charge in [0.15, 0.2) is 5.78 Å². The highest BCUT2D eigenvalue weighted by molar-refractivity contribution is 9.12. The second kappa shape index (κ2) is 5.29. The zero-order valence-corrected chi connectivity index (χ0v) is 11.5. The van der Waals surface area contributed by atoms with Gasteiger partial charge in [-0.25, -0.2) is 0 Å². The summed E-state index contributed by atoms with van der Waals surface area (Å²) >= 11 is 12.6. The van der Waals surface area contributed by atoms with Gasteiger partial charge in [-0.2, -0.15) is 0 Å². The Kier molecular flexibility index (Phi) is 4.61. The van der Waals surface area contributed by atoms with Crippen molar-refractivity contribution in [3.05, 3.63) is 34.3 Å².